The average Bonchev–Trinajstić information content (AvgIpc) is 2.87. The van der Waals surface area contributed by atoms with Gasteiger partial charge in [0.2, 0.25) is 0 Å². The average molecular weight is 513 g/mol. The summed E-state index contributed by atoms with van der Waals surface area (Å²) in [6, 6.07) is 14.9. The molecule has 12 nitrogen and oxygen atoms in total. The van der Waals surface area contributed by atoms with Crippen molar-refractivity contribution in [2.75, 3.05) is 29.9 Å². The highest BCUT2D eigenvalue weighted by Crippen LogP contribution is 2.32. The largest absolute Gasteiger partial charge is 0.486 e. The fourth-order valence-corrected chi connectivity index (χ4v) is 4.23. The predicted octanol–water partition coefficient (Wildman–Crippen LogP) is 2.96. The molecule has 1 heterocycles. The van der Waals surface area contributed by atoms with Crippen molar-refractivity contribution in [3.63, 3.8) is 0 Å². The van der Waals surface area contributed by atoms with Gasteiger partial charge in [0.25, 0.3) is 21.6 Å². The van der Waals surface area contributed by atoms with Crippen LogP contribution in [0.1, 0.15) is 10.4 Å². The topological polar surface area (TPSA) is 163 Å². The number of nitrogens with zero attached hydrogens (tertiary/aromatic N) is 1. The first kappa shape index (κ1) is 24.5. The fourth-order valence-electron chi connectivity index (χ4n) is 3.16. The van der Waals surface area contributed by atoms with Gasteiger partial charge in [0.15, 0.2) is 18.1 Å². The number of non-ortho nitro benzene ring substituents is 1. The molecule has 0 saturated heterocycles. The van der Waals surface area contributed by atoms with Crippen LogP contribution in [-0.4, -0.2) is 45.0 Å². The zero-order valence-corrected chi connectivity index (χ0v) is 19.3. The Kier molecular flexibility index (Phi) is 7.01. The summed E-state index contributed by atoms with van der Waals surface area (Å²) in [6.07, 6.45) is 0. The van der Waals surface area contributed by atoms with Crippen molar-refractivity contribution < 1.29 is 37.1 Å². The van der Waals surface area contributed by atoms with Crippen LogP contribution in [0, 0.1) is 10.1 Å². The van der Waals surface area contributed by atoms with E-state index in [0.717, 1.165) is 0 Å². The number of rotatable bonds is 8. The molecular formula is C23H19N3O9S. The lowest BCUT2D eigenvalue weighted by Gasteiger charge is -2.19. The number of nitro benzene ring substituents is 1. The van der Waals surface area contributed by atoms with Crippen LogP contribution < -0.4 is 19.5 Å². The Morgan fingerprint density at radius 3 is 2.22 bits per heavy atom. The summed E-state index contributed by atoms with van der Waals surface area (Å²) < 4.78 is 43.6. The Balaban J connectivity index is 1.31. The summed E-state index contributed by atoms with van der Waals surface area (Å²) in [6.45, 7) is 0.116. The zero-order chi connectivity index (χ0) is 25.7. The molecule has 36 heavy (non-hydrogen) atoms. The molecule has 0 saturated carbocycles. The summed E-state index contributed by atoms with van der Waals surface area (Å²) in [5.41, 5.74) is 0.477. The number of carbonyl (C=O) groups excluding carboxylic acids is 2. The van der Waals surface area contributed by atoms with Gasteiger partial charge in [0.1, 0.15) is 13.2 Å². The number of esters is 1. The maximum atomic E-state index is 12.7. The molecule has 1 aliphatic heterocycles. The molecule has 0 radical (unpaired) electrons. The zero-order valence-electron chi connectivity index (χ0n) is 18.5. The number of nitrogens with one attached hydrogen (secondary N) is 2. The molecule has 1 amide bonds. The first-order chi connectivity index (χ1) is 17.2. The Morgan fingerprint density at radius 1 is 0.917 bits per heavy atom. The van der Waals surface area contributed by atoms with E-state index >= 15 is 0 Å². The second-order valence-electron chi connectivity index (χ2n) is 7.42. The molecule has 0 aliphatic carbocycles. The second kappa shape index (κ2) is 10.3. The minimum Gasteiger partial charge on any atom is -0.486 e. The van der Waals surface area contributed by atoms with Gasteiger partial charge < -0.3 is 19.5 Å². The van der Waals surface area contributed by atoms with Gasteiger partial charge >= 0.3 is 5.97 Å². The van der Waals surface area contributed by atoms with Gasteiger partial charge in [0, 0.05) is 29.6 Å². The Bertz CT molecular complexity index is 1410. The van der Waals surface area contributed by atoms with Crippen LogP contribution in [0.5, 0.6) is 11.5 Å². The number of carbonyl (C=O) groups is 2. The maximum Gasteiger partial charge on any atom is 0.338 e. The molecule has 3 aromatic carbocycles. The summed E-state index contributed by atoms with van der Waals surface area (Å²) in [4.78, 5) is 34.3. The molecule has 0 aromatic heterocycles. The molecule has 0 unspecified atom stereocenters. The first-order valence-corrected chi connectivity index (χ1v) is 11.9. The van der Waals surface area contributed by atoms with Gasteiger partial charge in [-0.3, -0.25) is 19.6 Å². The number of sulfonamides is 1. The van der Waals surface area contributed by atoms with E-state index in [9.17, 15) is 28.1 Å². The van der Waals surface area contributed by atoms with E-state index in [0.29, 0.717) is 30.4 Å². The third-order valence-electron chi connectivity index (χ3n) is 4.89. The lowest BCUT2D eigenvalue weighted by molar-refractivity contribution is -0.384. The van der Waals surface area contributed by atoms with Crippen molar-refractivity contribution in [1.82, 2.24) is 0 Å². The number of amides is 1. The van der Waals surface area contributed by atoms with Crippen LogP contribution in [0.15, 0.2) is 71.6 Å². The number of nitro groups is 1. The molecule has 186 valence electrons. The molecular weight excluding hydrogens is 494 g/mol. The van der Waals surface area contributed by atoms with E-state index in [1.54, 1.807) is 0 Å². The third-order valence-corrected chi connectivity index (χ3v) is 6.27. The quantitative estimate of drug-likeness (QED) is 0.262. The molecule has 0 bridgehead atoms. The standard InChI is InChI=1S/C23H19N3O9S/c27-22(24-16-5-7-18(8-6-16)26(29)30)14-35-23(28)15-1-3-17(4-2-15)25-36(31,32)19-9-10-20-21(13-19)34-12-11-33-20/h1-10,13,25H,11-12,14H2,(H,24,27). The van der Waals surface area contributed by atoms with Gasteiger partial charge in [-0.2, -0.15) is 0 Å². The molecule has 0 spiro atoms. The number of hydrogen-bond donors (Lipinski definition) is 2. The van der Waals surface area contributed by atoms with E-state index in [1.807, 2.05) is 0 Å². The number of ether oxygens (including phenoxy) is 3. The molecule has 0 atom stereocenters. The number of hydrogen-bond acceptors (Lipinski definition) is 9. The predicted molar refractivity (Wildman–Crippen MR) is 127 cm³/mol. The Morgan fingerprint density at radius 2 is 1.56 bits per heavy atom. The monoisotopic (exact) mass is 513 g/mol. The fraction of sp³-hybridized carbons (Fsp3) is 0.130. The molecule has 2 N–H and O–H groups in total. The van der Waals surface area contributed by atoms with Crippen LogP contribution >= 0.6 is 0 Å². The van der Waals surface area contributed by atoms with Crippen LogP contribution in [0.4, 0.5) is 17.1 Å². The molecule has 13 heteroatoms. The van der Waals surface area contributed by atoms with Crippen LogP contribution in [0.2, 0.25) is 0 Å². The molecule has 1 aliphatic rings. The van der Waals surface area contributed by atoms with E-state index in [1.165, 1.54) is 66.7 Å². The molecule has 4 rings (SSSR count). The number of benzene rings is 3. The van der Waals surface area contributed by atoms with Crippen LogP contribution in [0.25, 0.3) is 0 Å². The van der Waals surface area contributed by atoms with E-state index in [4.69, 9.17) is 14.2 Å². The van der Waals surface area contributed by atoms with E-state index in [2.05, 4.69) is 10.0 Å². The smallest absolute Gasteiger partial charge is 0.338 e. The van der Waals surface area contributed by atoms with Crippen molar-refractivity contribution in [2.24, 2.45) is 0 Å². The SMILES string of the molecule is O=C(COC(=O)c1ccc(NS(=O)(=O)c2ccc3c(c2)OCCO3)cc1)Nc1ccc([N+](=O)[O-])cc1. The highest BCUT2D eigenvalue weighted by molar-refractivity contribution is 7.92. The second-order valence-corrected chi connectivity index (χ2v) is 9.10. The van der Waals surface area contributed by atoms with Gasteiger partial charge in [-0.25, -0.2) is 13.2 Å². The van der Waals surface area contributed by atoms with Crippen molar-refractivity contribution in [2.45, 2.75) is 4.90 Å². The van der Waals surface area contributed by atoms with Gasteiger partial charge in [-0.1, -0.05) is 0 Å². The lowest BCUT2D eigenvalue weighted by Crippen LogP contribution is -2.21. The Hall–Kier alpha value is -4.65. The van der Waals surface area contributed by atoms with Crippen LogP contribution in [-0.2, 0) is 19.6 Å². The third kappa shape index (κ3) is 5.88. The van der Waals surface area contributed by atoms with Crippen molar-refractivity contribution in [3.8, 4) is 11.5 Å². The first-order valence-electron chi connectivity index (χ1n) is 10.5. The Labute approximate surface area is 205 Å². The van der Waals surface area contributed by atoms with E-state index in [-0.39, 0.29) is 21.8 Å². The summed E-state index contributed by atoms with van der Waals surface area (Å²) in [5.74, 6) is -0.638. The highest BCUT2D eigenvalue weighted by atomic mass is 32.2. The van der Waals surface area contributed by atoms with Crippen LogP contribution in [0.3, 0.4) is 0 Å². The summed E-state index contributed by atoms with van der Waals surface area (Å²) in [7, 11) is -3.93. The van der Waals surface area contributed by atoms with E-state index < -0.39 is 33.4 Å². The summed E-state index contributed by atoms with van der Waals surface area (Å²) >= 11 is 0. The van der Waals surface area contributed by atoms with Gasteiger partial charge in [-0.15, -0.1) is 0 Å². The molecule has 0 fully saturated rings. The van der Waals surface area contributed by atoms with Gasteiger partial charge in [-0.05, 0) is 48.5 Å². The number of fused-ring (bicyclic) bond motifs is 1. The van der Waals surface area contributed by atoms with Gasteiger partial charge in [0.05, 0.1) is 15.4 Å². The number of anilines is 2. The maximum absolute atomic E-state index is 12.7. The highest BCUT2D eigenvalue weighted by Gasteiger charge is 2.20. The van der Waals surface area contributed by atoms with Crippen molar-refractivity contribution in [3.05, 3.63) is 82.4 Å². The minimum atomic E-state index is -3.93. The lowest BCUT2D eigenvalue weighted by atomic mass is 10.2. The van der Waals surface area contributed by atoms with Crippen molar-refractivity contribution in [1.29, 1.82) is 0 Å². The summed E-state index contributed by atoms with van der Waals surface area (Å²) in [5, 5.41) is 13.1. The van der Waals surface area contributed by atoms with Crippen molar-refractivity contribution >= 4 is 39.0 Å². The molecule has 3 aromatic rings. The normalized spacial score (nSPS) is 12.3. The minimum absolute atomic E-state index is 0.0192.